The maximum atomic E-state index is 11.9. The minimum Gasteiger partial charge on any atom is -0.322 e. The van der Waals surface area contributed by atoms with Gasteiger partial charge in [-0.3, -0.25) is 4.79 Å². The van der Waals surface area contributed by atoms with Gasteiger partial charge in [0, 0.05) is 11.6 Å². The van der Waals surface area contributed by atoms with Crippen molar-refractivity contribution in [2.75, 3.05) is 5.32 Å². The summed E-state index contributed by atoms with van der Waals surface area (Å²) < 4.78 is 0. The van der Waals surface area contributed by atoms with Crippen molar-refractivity contribution in [3.8, 4) is 0 Å². The van der Waals surface area contributed by atoms with Crippen LogP contribution in [0.1, 0.15) is 28.5 Å². The molecule has 1 atom stereocenters. The highest BCUT2D eigenvalue weighted by molar-refractivity contribution is 7.09. The van der Waals surface area contributed by atoms with Gasteiger partial charge in [-0.05, 0) is 19.1 Å². The van der Waals surface area contributed by atoms with Crippen LogP contribution in [0.25, 0.3) is 0 Å². The minimum absolute atomic E-state index is 0.182. The quantitative estimate of drug-likeness (QED) is 0.848. The van der Waals surface area contributed by atoms with Crippen molar-refractivity contribution < 1.29 is 4.79 Å². The third-order valence-electron chi connectivity index (χ3n) is 2.15. The number of hydrogen-bond donors (Lipinski definition) is 2. The number of amides is 1. The summed E-state index contributed by atoms with van der Waals surface area (Å²) in [7, 11) is 0. The van der Waals surface area contributed by atoms with E-state index in [2.05, 4.69) is 15.3 Å². The number of rotatable bonds is 3. The molecule has 0 radical (unpaired) electrons. The Kier molecular flexibility index (Phi) is 3.90. The number of nitrogens with zero attached hydrogens (tertiary/aromatic N) is 2. The Labute approximate surface area is 113 Å². The number of pyridine rings is 1. The fraction of sp³-hybridized carbons (Fsp3) is 0.182. The lowest BCUT2D eigenvalue weighted by atomic mass is 10.3. The first-order chi connectivity index (χ1) is 8.58. The number of carbonyl (C=O) groups is 1. The fourth-order valence-electron chi connectivity index (χ4n) is 1.27. The summed E-state index contributed by atoms with van der Waals surface area (Å²) in [5.41, 5.74) is 6.47. The van der Waals surface area contributed by atoms with Gasteiger partial charge in [0.2, 0.25) is 0 Å². The Balaban J connectivity index is 2.15. The average Bonchev–Trinajstić information content (AvgIpc) is 2.81. The molecule has 7 heteroatoms. The number of nitrogens with two attached hydrogens (primary N) is 1. The first kappa shape index (κ1) is 12.9. The highest BCUT2D eigenvalue weighted by Gasteiger charge is 2.14. The topological polar surface area (TPSA) is 80.9 Å². The van der Waals surface area contributed by atoms with Crippen LogP contribution < -0.4 is 11.1 Å². The van der Waals surface area contributed by atoms with E-state index in [0.29, 0.717) is 11.4 Å². The Hall–Kier alpha value is -1.50. The number of hydrogen-bond acceptors (Lipinski definition) is 5. The summed E-state index contributed by atoms with van der Waals surface area (Å²) in [6.07, 6.45) is 1.55. The van der Waals surface area contributed by atoms with Crippen LogP contribution >= 0.6 is 22.9 Å². The third-order valence-corrected chi connectivity index (χ3v) is 3.50. The number of nitrogens with one attached hydrogen (secondary N) is 1. The van der Waals surface area contributed by atoms with Gasteiger partial charge < -0.3 is 11.1 Å². The van der Waals surface area contributed by atoms with Crippen LogP contribution in [0.2, 0.25) is 5.15 Å². The molecule has 0 spiro atoms. The Bertz CT molecular complexity index is 570. The molecule has 0 aliphatic carbocycles. The predicted octanol–water partition coefficient (Wildman–Crippen LogP) is 2.46. The Morgan fingerprint density at radius 2 is 2.39 bits per heavy atom. The van der Waals surface area contributed by atoms with Gasteiger partial charge in [-0.25, -0.2) is 9.97 Å². The van der Waals surface area contributed by atoms with Gasteiger partial charge in [0.15, 0.2) is 5.15 Å². The molecule has 0 aromatic carbocycles. The van der Waals surface area contributed by atoms with Crippen LogP contribution in [0.5, 0.6) is 0 Å². The average molecular weight is 283 g/mol. The first-order valence-electron chi connectivity index (χ1n) is 5.21. The van der Waals surface area contributed by atoms with Crippen molar-refractivity contribution >= 4 is 34.5 Å². The molecular weight excluding hydrogens is 272 g/mol. The molecule has 94 valence electrons. The van der Waals surface area contributed by atoms with Crippen LogP contribution in [-0.2, 0) is 0 Å². The highest BCUT2D eigenvalue weighted by atomic mass is 35.5. The van der Waals surface area contributed by atoms with Crippen LogP contribution in [0, 0.1) is 0 Å². The van der Waals surface area contributed by atoms with Crippen LogP contribution in [0.4, 0.5) is 5.69 Å². The lowest BCUT2D eigenvalue weighted by Gasteiger charge is -2.04. The second-order valence-electron chi connectivity index (χ2n) is 3.66. The van der Waals surface area contributed by atoms with Gasteiger partial charge in [0.1, 0.15) is 10.7 Å². The molecule has 2 aromatic rings. The minimum atomic E-state index is -0.326. The Morgan fingerprint density at radius 3 is 3.00 bits per heavy atom. The second kappa shape index (κ2) is 5.43. The standard InChI is InChI=1S/C11H11ClN4OS/c1-6(13)11-16-8(5-18-11)10(17)15-7-3-2-4-14-9(7)12/h2-6H,13H2,1H3,(H,15,17). The molecule has 1 amide bonds. The van der Waals surface area contributed by atoms with Gasteiger partial charge in [-0.15, -0.1) is 11.3 Å². The maximum absolute atomic E-state index is 11.9. The summed E-state index contributed by atoms with van der Waals surface area (Å²) in [5.74, 6) is -0.326. The molecular formula is C11H11ClN4OS. The van der Waals surface area contributed by atoms with E-state index in [0.717, 1.165) is 5.01 Å². The predicted molar refractivity (Wildman–Crippen MR) is 71.9 cm³/mol. The summed E-state index contributed by atoms with van der Waals surface area (Å²) in [4.78, 5) is 19.9. The molecule has 0 saturated carbocycles. The lowest BCUT2D eigenvalue weighted by Crippen LogP contribution is -2.13. The molecule has 2 rings (SSSR count). The smallest absolute Gasteiger partial charge is 0.275 e. The number of anilines is 1. The normalized spacial score (nSPS) is 12.2. The molecule has 3 N–H and O–H groups in total. The highest BCUT2D eigenvalue weighted by Crippen LogP contribution is 2.20. The maximum Gasteiger partial charge on any atom is 0.275 e. The number of aromatic nitrogens is 2. The van der Waals surface area contributed by atoms with E-state index in [1.807, 2.05) is 6.92 Å². The van der Waals surface area contributed by atoms with Gasteiger partial charge in [0.25, 0.3) is 5.91 Å². The van der Waals surface area contributed by atoms with Crippen molar-refractivity contribution in [3.63, 3.8) is 0 Å². The zero-order valence-corrected chi connectivity index (χ0v) is 11.1. The summed E-state index contributed by atoms with van der Waals surface area (Å²) in [6.45, 7) is 1.82. The van der Waals surface area contributed by atoms with Crippen LogP contribution in [0.15, 0.2) is 23.7 Å². The van der Waals surface area contributed by atoms with E-state index in [1.54, 1.807) is 23.7 Å². The zero-order valence-electron chi connectivity index (χ0n) is 9.55. The SMILES string of the molecule is CC(N)c1nc(C(=O)Nc2cccnc2Cl)cs1. The lowest BCUT2D eigenvalue weighted by molar-refractivity contribution is 0.102. The largest absolute Gasteiger partial charge is 0.322 e. The van der Waals surface area contributed by atoms with Gasteiger partial charge >= 0.3 is 0 Å². The summed E-state index contributed by atoms with van der Waals surface area (Å²) >= 11 is 7.20. The number of thiazole rings is 1. The molecule has 0 saturated heterocycles. The monoisotopic (exact) mass is 282 g/mol. The molecule has 2 heterocycles. The van der Waals surface area contributed by atoms with E-state index in [4.69, 9.17) is 17.3 Å². The van der Waals surface area contributed by atoms with E-state index in [1.165, 1.54) is 11.3 Å². The fourth-order valence-corrected chi connectivity index (χ4v) is 2.19. The molecule has 0 bridgehead atoms. The number of carbonyl (C=O) groups excluding carboxylic acids is 1. The first-order valence-corrected chi connectivity index (χ1v) is 6.46. The molecule has 1 unspecified atom stereocenters. The van der Waals surface area contributed by atoms with E-state index < -0.39 is 0 Å². The van der Waals surface area contributed by atoms with E-state index in [9.17, 15) is 4.79 Å². The van der Waals surface area contributed by atoms with Crippen molar-refractivity contribution in [1.82, 2.24) is 9.97 Å². The van der Waals surface area contributed by atoms with Crippen molar-refractivity contribution in [2.24, 2.45) is 5.73 Å². The zero-order chi connectivity index (χ0) is 13.1. The van der Waals surface area contributed by atoms with Gasteiger partial charge in [0.05, 0.1) is 11.7 Å². The molecule has 5 nitrogen and oxygen atoms in total. The summed E-state index contributed by atoms with van der Waals surface area (Å²) in [5, 5.41) is 5.28. The molecule has 0 fully saturated rings. The van der Waals surface area contributed by atoms with Gasteiger partial charge in [-0.1, -0.05) is 11.6 Å². The van der Waals surface area contributed by atoms with Crippen molar-refractivity contribution in [3.05, 3.63) is 39.6 Å². The Morgan fingerprint density at radius 1 is 1.61 bits per heavy atom. The summed E-state index contributed by atoms with van der Waals surface area (Å²) in [6, 6.07) is 3.18. The van der Waals surface area contributed by atoms with Gasteiger partial charge in [-0.2, -0.15) is 0 Å². The van der Waals surface area contributed by atoms with Crippen LogP contribution in [0.3, 0.4) is 0 Å². The second-order valence-corrected chi connectivity index (χ2v) is 4.90. The van der Waals surface area contributed by atoms with Crippen LogP contribution in [-0.4, -0.2) is 15.9 Å². The molecule has 2 aromatic heterocycles. The molecule has 0 aliphatic heterocycles. The van der Waals surface area contributed by atoms with Crippen molar-refractivity contribution in [1.29, 1.82) is 0 Å². The van der Waals surface area contributed by atoms with Crippen molar-refractivity contribution in [2.45, 2.75) is 13.0 Å². The molecule has 18 heavy (non-hydrogen) atoms. The molecule has 0 aliphatic rings. The third kappa shape index (κ3) is 2.84. The van der Waals surface area contributed by atoms with E-state index in [-0.39, 0.29) is 17.1 Å². The number of halogens is 1. The van der Waals surface area contributed by atoms with E-state index >= 15 is 0 Å².